The third-order valence-corrected chi connectivity index (χ3v) is 3.67. The Labute approximate surface area is 142 Å². The average molecular weight is 385 g/mol. The van der Waals surface area contributed by atoms with E-state index in [-0.39, 0.29) is 18.9 Å². The lowest BCUT2D eigenvalue weighted by Gasteiger charge is -2.09. The number of ether oxygens (including phenoxy) is 2. The molecule has 4 nitrogen and oxygen atoms in total. The Morgan fingerprint density at radius 1 is 1.18 bits per heavy atom. The molecule has 6 heteroatoms. The quantitative estimate of drug-likeness (QED) is 0.796. The van der Waals surface area contributed by atoms with Gasteiger partial charge < -0.3 is 14.8 Å². The molecule has 0 fully saturated rings. The summed E-state index contributed by atoms with van der Waals surface area (Å²) in [6.45, 7) is 0.284. The third kappa shape index (κ3) is 4.93. The van der Waals surface area contributed by atoms with Gasteiger partial charge in [-0.15, -0.1) is 0 Å². The summed E-state index contributed by atoms with van der Waals surface area (Å²) < 4.78 is 11.4. The largest absolute Gasteiger partial charge is 0.497 e. The highest BCUT2D eigenvalue weighted by molar-refractivity contribution is 9.10. The molecule has 0 atom stereocenters. The van der Waals surface area contributed by atoms with Crippen LogP contribution < -0.4 is 14.8 Å². The van der Waals surface area contributed by atoms with E-state index in [9.17, 15) is 4.79 Å². The summed E-state index contributed by atoms with van der Waals surface area (Å²) in [6.07, 6.45) is 0.235. The zero-order chi connectivity index (χ0) is 15.9. The van der Waals surface area contributed by atoms with Crippen molar-refractivity contribution in [1.29, 1.82) is 0 Å². The van der Waals surface area contributed by atoms with Crippen LogP contribution in [0.4, 0.5) is 5.69 Å². The molecule has 0 aliphatic carbocycles. The van der Waals surface area contributed by atoms with Crippen LogP contribution in [0, 0.1) is 0 Å². The van der Waals surface area contributed by atoms with Crippen molar-refractivity contribution in [2.24, 2.45) is 0 Å². The Hall–Kier alpha value is -1.72. The fourth-order valence-electron chi connectivity index (χ4n) is 1.74. The van der Waals surface area contributed by atoms with Gasteiger partial charge in [-0.25, -0.2) is 0 Å². The van der Waals surface area contributed by atoms with Crippen molar-refractivity contribution in [3.8, 4) is 11.5 Å². The van der Waals surface area contributed by atoms with E-state index in [1.54, 1.807) is 43.5 Å². The number of hydrogen-bond donors (Lipinski definition) is 1. The number of nitrogens with one attached hydrogen (secondary N) is 1. The van der Waals surface area contributed by atoms with Gasteiger partial charge in [-0.05, 0) is 42.5 Å². The van der Waals surface area contributed by atoms with Crippen molar-refractivity contribution in [3.05, 3.63) is 52.0 Å². The standard InChI is InChI=1S/C16H15BrClNO3/c1-21-12-3-5-13(6-4-12)22-9-8-16(20)19-15-7-2-11(17)10-14(15)18/h2-7,10H,8-9H2,1H3,(H,19,20). The number of anilines is 1. The lowest BCUT2D eigenvalue weighted by molar-refractivity contribution is -0.116. The third-order valence-electron chi connectivity index (χ3n) is 2.86. The summed E-state index contributed by atoms with van der Waals surface area (Å²) in [4.78, 5) is 11.9. The first-order chi connectivity index (χ1) is 10.6. The van der Waals surface area contributed by atoms with Gasteiger partial charge in [-0.3, -0.25) is 4.79 Å². The number of carbonyl (C=O) groups is 1. The van der Waals surface area contributed by atoms with Gasteiger partial charge >= 0.3 is 0 Å². The smallest absolute Gasteiger partial charge is 0.227 e. The van der Waals surface area contributed by atoms with Crippen molar-refractivity contribution < 1.29 is 14.3 Å². The highest BCUT2D eigenvalue weighted by Gasteiger charge is 2.06. The number of amides is 1. The molecule has 0 aliphatic rings. The predicted octanol–water partition coefficient (Wildman–Crippen LogP) is 4.52. The second kappa shape index (κ2) is 8.06. The lowest BCUT2D eigenvalue weighted by Crippen LogP contribution is -2.15. The van der Waals surface area contributed by atoms with Crippen LogP contribution >= 0.6 is 27.5 Å². The molecule has 0 aliphatic heterocycles. The summed E-state index contributed by atoms with van der Waals surface area (Å²) in [5, 5.41) is 3.24. The van der Waals surface area contributed by atoms with E-state index in [1.165, 1.54) is 0 Å². The topological polar surface area (TPSA) is 47.6 Å². The van der Waals surface area contributed by atoms with Crippen LogP contribution in [-0.4, -0.2) is 19.6 Å². The number of rotatable bonds is 6. The number of benzene rings is 2. The Morgan fingerprint density at radius 2 is 1.86 bits per heavy atom. The summed E-state index contributed by atoms with van der Waals surface area (Å²) in [5.41, 5.74) is 0.583. The van der Waals surface area contributed by atoms with Crippen molar-refractivity contribution >= 4 is 39.1 Å². The Kier molecular flexibility index (Phi) is 6.10. The maximum atomic E-state index is 11.9. The molecule has 0 bridgehead atoms. The van der Waals surface area contributed by atoms with E-state index in [2.05, 4.69) is 21.2 Å². The van der Waals surface area contributed by atoms with E-state index in [4.69, 9.17) is 21.1 Å². The molecule has 22 heavy (non-hydrogen) atoms. The minimum Gasteiger partial charge on any atom is -0.497 e. The van der Waals surface area contributed by atoms with Crippen molar-refractivity contribution in [2.45, 2.75) is 6.42 Å². The van der Waals surface area contributed by atoms with E-state index >= 15 is 0 Å². The molecule has 0 aromatic heterocycles. The lowest BCUT2D eigenvalue weighted by atomic mass is 10.3. The molecule has 1 N–H and O–H groups in total. The molecular formula is C16H15BrClNO3. The number of methoxy groups -OCH3 is 1. The minimum atomic E-state index is -0.155. The maximum absolute atomic E-state index is 11.9. The number of hydrogen-bond acceptors (Lipinski definition) is 3. The Balaban J connectivity index is 1.79. The Morgan fingerprint density at radius 3 is 2.50 bits per heavy atom. The number of halogens is 2. The van der Waals surface area contributed by atoms with Gasteiger partial charge in [0.1, 0.15) is 11.5 Å². The fraction of sp³-hybridized carbons (Fsp3) is 0.188. The molecule has 0 heterocycles. The van der Waals surface area contributed by atoms with E-state index < -0.39 is 0 Å². The van der Waals surface area contributed by atoms with Crippen molar-refractivity contribution in [2.75, 3.05) is 19.0 Å². The normalized spacial score (nSPS) is 10.1. The van der Waals surface area contributed by atoms with E-state index in [0.717, 1.165) is 10.2 Å². The van der Waals surface area contributed by atoms with Crippen molar-refractivity contribution in [1.82, 2.24) is 0 Å². The molecule has 0 saturated heterocycles. The molecular weight excluding hydrogens is 370 g/mol. The van der Waals surface area contributed by atoms with E-state index in [0.29, 0.717) is 16.5 Å². The molecule has 2 rings (SSSR count). The summed E-state index contributed by atoms with van der Waals surface area (Å²) in [5.74, 6) is 1.29. The second-order valence-corrected chi connectivity index (χ2v) is 5.77. The van der Waals surface area contributed by atoms with Crippen molar-refractivity contribution in [3.63, 3.8) is 0 Å². The van der Waals surface area contributed by atoms with Gasteiger partial charge in [0.15, 0.2) is 0 Å². The summed E-state index contributed by atoms with van der Waals surface area (Å²) in [7, 11) is 1.60. The summed E-state index contributed by atoms with van der Waals surface area (Å²) in [6, 6.07) is 12.5. The van der Waals surface area contributed by atoms with Crippen LogP contribution in [0.3, 0.4) is 0 Å². The van der Waals surface area contributed by atoms with Gasteiger partial charge in [-0.1, -0.05) is 27.5 Å². The first-order valence-corrected chi connectivity index (χ1v) is 7.77. The zero-order valence-corrected chi connectivity index (χ0v) is 14.3. The zero-order valence-electron chi connectivity index (χ0n) is 11.9. The second-order valence-electron chi connectivity index (χ2n) is 4.45. The highest BCUT2D eigenvalue weighted by Crippen LogP contribution is 2.25. The molecule has 1 amide bonds. The first-order valence-electron chi connectivity index (χ1n) is 6.60. The van der Waals surface area contributed by atoms with Crippen LogP contribution in [0.25, 0.3) is 0 Å². The van der Waals surface area contributed by atoms with Crippen LogP contribution in [0.1, 0.15) is 6.42 Å². The molecule has 2 aromatic carbocycles. The molecule has 116 valence electrons. The minimum absolute atomic E-state index is 0.155. The summed E-state index contributed by atoms with van der Waals surface area (Å²) >= 11 is 9.36. The molecule has 0 saturated carbocycles. The average Bonchev–Trinajstić information content (AvgIpc) is 2.51. The Bertz CT molecular complexity index is 646. The monoisotopic (exact) mass is 383 g/mol. The molecule has 2 aromatic rings. The van der Waals surface area contributed by atoms with Gasteiger partial charge in [0.2, 0.25) is 5.91 Å². The molecule has 0 spiro atoms. The van der Waals surface area contributed by atoms with E-state index in [1.807, 2.05) is 6.07 Å². The maximum Gasteiger partial charge on any atom is 0.227 e. The molecule has 0 unspecified atom stereocenters. The SMILES string of the molecule is COc1ccc(OCCC(=O)Nc2ccc(Br)cc2Cl)cc1. The fourth-order valence-corrected chi connectivity index (χ4v) is 2.46. The molecule has 0 radical (unpaired) electrons. The first kappa shape index (κ1) is 16.6. The van der Waals surface area contributed by atoms with Crippen LogP contribution in [0.15, 0.2) is 46.9 Å². The van der Waals surface area contributed by atoms with Crippen LogP contribution in [0.2, 0.25) is 5.02 Å². The van der Waals surface area contributed by atoms with Gasteiger partial charge in [-0.2, -0.15) is 0 Å². The van der Waals surface area contributed by atoms with Crippen LogP contribution in [0.5, 0.6) is 11.5 Å². The predicted molar refractivity (Wildman–Crippen MR) is 90.9 cm³/mol. The number of carbonyl (C=O) groups excluding carboxylic acids is 1. The van der Waals surface area contributed by atoms with Crippen LogP contribution in [-0.2, 0) is 4.79 Å². The highest BCUT2D eigenvalue weighted by atomic mass is 79.9. The van der Waals surface area contributed by atoms with Gasteiger partial charge in [0.25, 0.3) is 0 Å². The van der Waals surface area contributed by atoms with Gasteiger partial charge in [0.05, 0.1) is 30.8 Å². The van der Waals surface area contributed by atoms with Gasteiger partial charge in [0, 0.05) is 4.47 Å².